The van der Waals surface area contributed by atoms with Gasteiger partial charge < -0.3 is 4.74 Å². The van der Waals surface area contributed by atoms with Crippen LogP contribution in [0.2, 0.25) is 10.0 Å². The van der Waals surface area contributed by atoms with Crippen molar-refractivity contribution in [1.29, 1.82) is 0 Å². The van der Waals surface area contributed by atoms with E-state index in [4.69, 9.17) is 27.9 Å². The SMILES string of the molecule is O=C1c2ccccc2O[C@H](c2ccccc2)[C@@]12N=NC[C@@H]2c1ccc(Cl)cc1Cl. The molecule has 0 amide bonds. The molecule has 29 heavy (non-hydrogen) atoms. The van der Waals surface area contributed by atoms with E-state index >= 15 is 0 Å². The van der Waals surface area contributed by atoms with Gasteiger partial charge in [0.25, 0.3) is 0 Å². The molecule has 2 heterocycles. The highest BCUT2D eigenvalue weighted by Gasteiger charge is 2.60. The van der Waals surface area contributed by atoms with E-state index in [0.29, 0.717) is 27.9 Å². The van der Waals surface area contributed by atoms with Gasteiger partial charge in [0.15, 0.2) is 11.6 Å². The van der Waals surface area contributed by atoms with Crippen LogP contribution in [0.1, 0.15) is 33.5 Å². The van der Waals surface area contributed by atoms with Crippen molar-refractivity contribution in [3.63, 3.8) is 0 Å². The molecule has 0 unspecified atom stereocenters. The molecular formula is C23H16Cl2N2O2. The topological polar surface area (TPSA) is 51.0 Å². The van der Waals surface area contributed by atoms with E-state index in [-0.39, 0.29) is 11.7 Å². The number of hydrogen-bond donors (Lipinski definition) is 0. The molecule has 0 fully saturated rings. The molecule has 0 aromatic heterocycles. The summed E-state index contributed by atoms with van der Waals surface area (Å²) >= 11 is 12.6. The number of rotatable bonds is 2. The molecular weight excluding hydrogens is 407 g/mol. The molecule has 3 atom stereocenters. The number of Topliss-reactive ketones (excluding diaryl/α,β-unsaturated/α-hetero) is 1. The minimum Gasteiger partial charge on any atom is -0.482 e. The van der Waals surface area contributed by atoms with Gasteiger partial charge in [-0.25, -0.2) is 0 Å². The van der Waals surface area contributed by atoms with Crippen LogP contribution in [0.4, 0.5) is 0 Å². The summed E-state index contributed by atoms with van der Waals surface area (Å²) in [6.07, 6.45) is -0.617. The molecule has 3 aromatic rings. The van der Waals surface area contributed by atoms with Crippen LogP contribution in [0, 0.1) is 0 Å². The van der Waals surface area contributed by atoms with Crippen LogP contribution in [0.15, 0.2) is 83.0 Å². The zero-order chi connectivity index (χ0) is 20.0. The maximum Gasteiger partial charge on any atom is 0.200 e. The zero-order valence-electron chi connectivity index (χ0n) is 15.3. The molecule has 6 heteroatoms. The second-order valence-corrected chi connectivity index (χ2v) is 8.05. The number of hydrogen-bond acceptors (Lipinski definition) is 4. The summed E-state index contributed by atoms with van der Waals surface area (Å²) in [5, 5.41) is 9.89. The maximum absolute atomic E-state index is 13.9. The lowest BCUT2D eigenvalue weighted by Gasteiger charge is -2.41. The second kappa shape index (κ2) is 6.97. The van der Waals surface area contributed by atoms with Gasteiger partial charge in [-0.1, -0.05) is 71.7 Å². The number of carbonyl (C=O) groups excluding carboxylic acids is 1. The van der Waals surface area contributed by atoms with E-state index in [1.807, 2.05) is 54.6 Å². The lowest BCUT2D eigenvalue weighted by molar-refractivity contribution is 0.0522. The number of ketones is 1. The minimum atomic E-state index is -1.23. The van der Waals surface area contributed by atoms with Gasteiger partial charge in [-0.3, -0.25) is 4.79 Å². The van der Waals surface area contributed by atoms with Gasteiger partial charge in [-0.2, -0.15) is 10.2 Å². The summed E-state index contributed by atoms with van der Waals surface area (Å²) in [7, 11) is 0. The van der Waals surface area contributed by atoms with Crippen LogP contribution in [0.25, 0.3) is 0 Å². The third kappa shape index (κ3) is 2.78. The normalized spacial score (nSPS) is 25.1. The quantitative estimate of drug-likeness (QED) is 0.486. The van der Waals surface area contributed by atoms with Gasteiger partial charge in [-0.05, 0) is 35.4 Å². The molecule has 0 saturated heterocycles. The van der Waals surface area contributed by atoms with E-state index in [0.717, 1.165) is 11.1 Å². The number of ether oxygens (including phenoxy) is 1. The molecule has 3 aromatic carbocycles. The number of azo groups is 1. The fourth-order valence-corrected chi connectivity index (χ4v) is 4.81. The van der Waals surface area contributed by atoms with E-state index < -0.39 is 11.6 Å². The predicted octanol–water partition coefficient (Wildman–Crippen LogP) is 6.30. The lowest BCUT2D eigenvalue weighted by Crippen LogP contribution is -2.51. The van der Waals surface area contributed by atoms with Gasteiger partial charge in [0, 0.05) is 16.0 Å². The van der Waals surface area contributed by atoms with Crippen LogP contribution in [0.5, 0.6) is 5.75 Å². The molecule has 0 bridgehead atoms. The number of halogens is 2. The van der Waals surface area contributed by atoms with Crippen molar-refractivity contribution in [3.8, 4) is 5.75 Å². The summed E-state index contributed by atoms with van der Waals surface area (Å²) in [6, 6.07) is 22.2. The van der Waals surface area contributed by atoms with Crippen LogP contribution >= 0.6 is 23.2 Å². The number of nitrogens with zero attached hydrogens (tertiary/aromatic N) is 2. The van der Waals surface area contributed by atoms with Crippen LogP contribution in [-0.2, 0) is 0 Å². The zero-order valence-corrected chi connectivity index (χ0v) is 16.8. The molecule has 2 aliphatic rings. The Morgan fingerprint density at radius 2 is 1.72 bits per heavy atom. The highest BCUT2D eigenvalue weighted by molar-refractivity contribution is 6.35. The molecule has 0 radical (unpaired) electrons. The van der Waals surface area contributed by atoms with Gasteiger partial charge >= 0.3 is 0 Å². The van der Waals surface area contributed by atoms with Crippen molar-refractivity contribution in [2.24, 2.45) is 10.2 Å². The molecule has 2 aliphatic heterocycles. The van der Waals surface area contributed by atoms with Crippen molar-refractivity contribution in [1.82, 2.24) is 0 Å². The third-order valence-electron chi connectivity index (χ3n) is 5.61. The van der Waals surface area contributed by atoms with E-state index in [2.05, 4.69) is 10.2 Å². The molecule has 1 spiro atoms. The van der Waals surface area contributed by atoms with Crippen LogP contribution in [-0.4, -0.2) is 17.9 Å². The van der Waals surface area contributed by atoms with Crippen molar-refractivity contribution in [2.45, 2.75) is 17.6 Å². The standard InChI is InChI=1S/C23H16Cl2N2O2/c24-15-10-11-16(19(25)12-15)18-13-26-27-23(18)21(28)17-8-4-5-9-20(17)29-22(23)14-6-2-1-3-7-14/h1-12,18,22H,13H2/t18-,22-,23+/m1/s1. The van der Waals surface area contributed by atoms with Gasteiger partial charge in [0.05, 0.1) is 12.1 Å². The maximum atomic E-state index is 13.9. The first-order valence-electron chi connectivity index (χ1n) is 9.30. The fourth-order valence-electron chi connectivity index (χ4n) is 4.27. The minimum absolute atomic E-state index is 0.106. The molecule has 0 saturated carbocycles. The van der Waals surface area contributed by atoms with Crippen LogP contribution < -0.4 is 4.74 Å². The van der Waals surface area contributed by atoms with Gasteiger partial charge in [-0.15, -0.1) is 0 Å². The largest absolute Gasteiger partial charge is 0.482 e. The monoisotopic (exact) mass is 422 g/mol. The number of benzene rings is 3. The summed E-state index contributed by atoms with van der Waals surface area (Å²) in [4.78, 5) is 13.9. The lowest BCUT2D eigenvalue weighted by atomic mass is 9.69. The Morgan fingerprint density at radius 1 is 0.966 bits per heavy atom. The average molecular weight is 423 g/mol. The van der Waals surface area contributed by atoms with Crippen molar-refractivity contribution in [3.05, 3.63) is 99.5 Å². The Hall–Kier alpha value is -2.69. The predicted molar refractivity (Wildman–Crippen MR) is 112 cm³/mol. The Bertz CT molecular complexity index is 1130. The first kappa shape index (κ1) is 18.3. The number of carbonyl (C=O) groups is 1. The fraction of sp³-hybridized carbons (Fsp3) is 0.174. The highest BCUT2D eigenvalue weighted by Crippen LogP contribution is 2.53. The Kier molecular flexibility index (Phi) is 4.41. The molecule has 0 N–H and O–H groups in total. The summed E-state index contributed by atoms with van der Waals surface area (Å²) < 4.78 is 6.40. The first-order chi connectivity index (χ1) is 14.1. The van der Waals surface area contributed by atoms with Crippen LogP contribution in [0.3, 0.4) is 0 Å². The van der Waals surface area contributed by atoms with E-state index in [1.165, 1.54) is 0 Å². The van der Waals surface area contributed by atoms with Gasteiger partial charge in [0.1, 0.15) is 5.75 Å². The number of fused-ring (bicyclic) bond motifs is 1. The molecule has 144 valence electrons. The molecule has 0 aliphatic carbocycles. The first-order valence-corrected chi connectivity index (χ1v) is 10.1. The van der Waals surface area contributed by atoms with Crippen molar-refractivity contribution in [2.75, 3.05) is 6.54 Å². The number of para-hydroxylation sites is 1. The molecule has 4 nitrogen and oxygen atoms in total. The van der Waals surface area contributed by atoms with Crippen molar-refractivity contribution < 1.29 is 9.53 Å². The summed E-state index contributed by atoms with van der Waals surface area (Å²) in [5.74, 6) is 0.0869. The Labute approximate surface area is 178 Å². The third-order valence-corrected chi connectivity index (χ3v) is 6.17. The van der Waals surface area contributed by atoms with Crippen molar-refractivity contribution >= 4 is 29.0 Å². The highest BCUT2D eigenvalue weighted by atomic mass is 35.5. The van der Waals surface area contributed by atoms with E-state index in [1.54, 1.807) is 18.2 Å². The van der Waals surface area contributed by atoms with Gasteiger partial charge in [0.2, 0.25) is 5.78 Å². The summed E-state index contributed by atoms with van der Waals surface area (Å²) in [6.45, 7) is 0.349. The Morgan fingerprint density at radius 3 is 2.52 bits per heavy atom. The second-order valence-electron chi connectivity index (χ2n) is 7.20. The Balaban J connectivity index is 1.74. The smallest absolute Gasteiger partial charge is 0.200 e. The summed E-state index contributed by atoms with van der Waals surface area (Å²) in [5.41, 5.74) is 0.938. The van der Waals surface area contributed by atoms with E-state index in [9.17, 15) is 4.79 Å². The molecule has 5 rings (SSSR count). The average Bonchev–Trinajstić information content (AvgIpc) is 3.17.